The summed E-state index contributed by atoms with van der Waals surface area (Å²) in [5, 5.41) is 33.2. The number of aryl methyl sites for hydroxylation is 4. The number of anilines is 2. The number of nitrogens with one attached hydrogen (secondary N) is 2. The third kappa shape index (κ3) is 6.40. The maximum absolute atomic E-state index is 13.3. The Morgan fingerprint density at radius 3 is 1.44 bits per heavy atom. The number of carbonyl (C=O) groups excluding carboxylic acids is 2. The van der Waals surface area contributed by atoms with Gasteiger partial charge in [0.1, 0.15) is 22.4 Å². The molecular weight excluding hydrogens is 648 g/mol. The molecule has 0 aliphatic heterocycles. The maximum atomic E-state index is 13.3. The second-order valence-electron chi connectivity index (χ2n) is 11.2. The molecule has 0 spiro atoms. The minimum Gasteiger partial charge on any atom is -0.478 e. The standard InChI is InChI=1S/C32H32N12O6/c1-5-43-23(11-17(3)39-43)27(45)37-31-35-21-13-19(29(47)48)15-33-25(21)41(31)9-7-8-10-42-26-22(14-20(16-34-26)30(49)50)36-32(42)38-28(46)24-12-18(4)40-44(24)6-2/h7-8,11-16H,5-6,9-10H2,1-4H3,(H,47,48)(H,49,50)(H,35,37,45)(H,36,38,46)/b8-7+. The normalized spacial score (nSPS) is 11.5. The molecule has 0 aliphatic carbocycles. The van der Waals surface area contributed by atoms with E-state index in [2.05, 4.69) is 40.8 Å². The van der Waals surface area contributed by atoms with Crippen molar-refractivity contribution >= 4 is 58.0 Å². The molecule has 6 aromatic heterocycles. The largest absolute Gasteiger partial charge is 0.478 e. The second kappa shape index (κ2) is 13.4. The maximum Gasteiger partial charge on any atom is 0.337 e. The van der Waals surface area contributed by atoms with Gasteiger partial charge in [-0.3, -0.25) is 38.7 Å². The third-order valence-corrected chi connectivity index (χ3v) is 7.73. The molecule has 6 rings (SSSR count). The zero-order valence-electron chi connectivity index (χ0n) is 27.4. The molecule has 0 unspecified atom stereocenters. The number of rotatable bonds is 12. The molecule has 0 saturated carbocycles. The summed E-state index contributed by atoms with van der Waals surface area (Å²) in [5.41, 5.74) is 3.07. The number of allylic oxidation sites excluding steroid dienone is 2. The topological polar surface area (TPSA) is 230 Å². The van der Waals surface area contributed by atoms with E-state index in [0.717, 1.165) is 0 Å². The number of amides is 2. The van der Waals surface area contributed by atoms with Crippen molar-refractivity contribution in [3.63, 3.8) is 0 Å². The zero-order chi connectivity index (χ0) is 35.7. The fourth-order valence-electron chi connectivity index (χ4n) is 5.42. The van der Waals surface area contributed by atoms with Gasteiger partial charge in [-0.2, -0.15) is 10.2 Å². The van der Waals surface area contributed by atoms with Gasteiger partial charge < -0.3 is 10.2 Å². The predicted molar refractivity (Wildman–Crippen MR) is 179 cm³/mol. The summed E-state index contributed by atoms with van der Waals surface area (Å²) in [5.74, 6) is -2.98. The molecule has 0 aromatic carbocycles. The lowest BCUT2D eigenvalue weighted by Crippen LogP contribution is -2.20. The number of hydrogen-bond donors (Lipinski definition) is 4. The fraction of sp³-hybridized carbons (Fsp3) is 0.250. The molecule has 2 amide bonds. The summed E-state index contributed by atoms with van der Waals surface area (Å²) in [7, 11) is 0. The van der Waals surface area contributed by atoms with E-state index in [1.165, 1.54) is 24.5 Å². The van der Waals surface area contributed by atoms with Crippen molar-refractivity contribution in [3.05, 3.63) is 82.7 Å². The van der Waals surface area contributed by atoms with Gasteiger partial charge in [0.25, 0.3) is 11.8 Å². The summed E-state index contributed by atoms with van der Waals surface area (Å²) in [4.78, 5) is 67.4. The highest BCUT2D eigenvalue weighted by Gasteiger charge is 2.21. The summed E-state index contributed by atoms with van der Waals surface area (Å²) < 4.78 is 6.37. The van der Waals surface area contributed by atoms with Crippen LogP contribution in [0.1, 0.15) is 66.9 Å². The second-order valence-corrected chi connectivity index (χ2v) is 11.2. The first kappa shape index (κ1) is 33.2. The molecule has 6 heterocycles. The first-order valence-electron chi connectivity index (χ1n) is 15.5. The Hall–Kier alpha value is -6.72. The Bertz CT molecular complexity index is 2180. The van der Waals surface area contributed by atoms with Gasteiger partial charge in [0.2, 0.25) is 11.9 Å². The minimum atomic E-state index is -1.17. The highest BCUT2D eigenvalue weighted by Crippen LogP contribution is 2.22. The molecule has 18 nitrogen and oxygen atoms in total. The highest BCUT2D eigenvalue weighted by atomic mass is 16.4. The first-order chi connectivity index (χ1) is 24.0. The third-order valence-electron chi connectivity index (χ3n) is 7.73. The van der Waals surface area contributed by atoms with Crippen LogP contribution < -0.4 is 10.6 Å². The van der Waals surface area contributed by atoms with E-state index in [0.29, 0.717) is 47.2 Å². The first-order valence-corrected chi connectivity index (χ1v) is 15.5. The van der Waals surface area contributed by atoms with Gasteiger partial charge in [0.15, 0.2) is 11.3 Å². The van der Waals surface area contributed by atoms with Crippen LogP contribution in [0, 0.1) is 13.8 Å². The number of carboxylic acids is 2. The SMILES string of the molecule is CCn1nc(C)cc1C(=O)Nc1nc2cc(C(=O)O)cnc2n1C/C=C/Cn1c(NC(=O)c2cc(C)nn2CC)nc2cc(C(=O)O)cnc21. The van der Waals surface area contributed by atoms with Crippen molar-refractivity contribution in [3.8, 4) is 0 Å². The van der Waals surface area contributed by atoms with E-state index in [9.17, 15) is 29.4 Å². The van der Waals surface area contributed by atoms with Crippen LogP contribution in [0.25, 0.3) is 22.3 Å². The lowest BCUT2D eigenvalue weighted by Gasteiger charge is -2.10. The van der Waals surface area contributed by atoms with E-state index in [4.69, 9.17) is 0 Å². The summed E-state index contributed by atoms with van der Waals surface area (Å²) in [6.07, 6.45) is 5.96. The van der Waals surface area contributed by atoms with Crippen LogP contribution in [0.2, 0.25) is 0 Å². The van der Waals surface area contributed by atoms with Gasteiger partial charge in [0, 0.05) is 38.6 Å². The van der Waals surface area contributed by atoms with Crippen LogP contribution in [-0.2, 0) is 26.2 Å². The number of imidazole rings is 2. The van der Waals surface area contributed by atoms with Crippen molar-refractivity contribution < 1.29 is 29.4 Å². The fourth-order valence-corrected chi connectivity index (χ4v) is 5.42. The van der Waals surface area contributed by atoms with Crippen LogP contribution in [0.15, 0.2) is 48.8 Å². The van der Waals surface area contributed by atoms with Crippen LogP contribution in [0.4, 0.5) is 11.9 Å². The van der Waals surface area contributed by atoms with E-state index in [1.54, 1.807) is 56.6 Å². The molecule has 0 aliphatic rings. The minimum absolute atomic E-state index is 0.0625. The summed E-state index contributed by atoms with van der Waals surface area (Å²) in [6, 6.07) is 6.05. The Morgan fingerprint density at radius 2 is 1.08 bits per heavy atom. The molecular formula is C32H32N12O6. The number of aromatic nitrogens is 10. The van der Waals surface area contributed by atoms with Crippen molar-refractivity contribution in [1.29, 1.82) is 0 Å². The molecule has 18 heteroatoms. The van der Waals surface area contributed by atoms with Crippen LogP contribution in [0.3, 0.4) is 0 Å². The van der Waals surface area contributed by atoms with Gasteiger partial charge in [-0.15, -0.1) is 0 Å². The lowest BCUT2D eigenvalue weighted by atomic mass is 10.3. The lowest BCUT2D eigenvalue weighted by molar-refractivity contribution is 0.0685. The quantitative estimate of drug-likeness (QED) is 0.136. The average molecular weight is 681 g/mol. The van der Waals surface area contributed by atoms with Gasteiger partial charge >= 0.3 is 11.9 Å². The van der Waals surface area contributed by atoms with E-state index < -0.39 is 23.8 Å². The van der Waals surface area contributed by atoms with Crippen LogP contribution in [0.5, 0.6) is 0 Å². The number of hydrogen-bond acceptors (Lipinski definition) is 10. The van der Waals surface area contributed by atoms with Gasteiger partial charge in [-0.25, -0.2) is 29.5 Å². The van der Waals surface area contributed by atoms with Gasteiger partial charge in [-0.1, -0.05) is 12.2 Å². The Labute approximate surface area is 283 Å². The van der Waals surface area contributed by atoms with E-state index >= 15 is 0 Å². The smallest absolute Gasteiger partial charge is 0.337 e. The number of aromatic carboxylic acids is 2. The molecule has 50 heavy (non-hydrogen) atoms. The Morgan fingerprint density at radius 1 is 0.680 bits per heavy atom. The highest BCUT2D eigenvalue weighted by molar-refractivity contribution is 6.04. The van der Waals surface area contributed by atoms with E-state index in [-0.39, 0.29) is 47.1 Å². The van der Waals surface area contributed by atoms with Crippen LogP contribution >= 0.6 is 0 Å². The van der Waals surface area contributed by atoms with Crippen molar-refractivity contribution in [1.82, 2.24) is 48.6 Å². The molecule has 6 aromatic rings. The Balaban J connectivity index is 1.32. The number of carbonyl (C=O) groups is 4. The molecule has 0 bridgehead atoms. The average Bonchev–Trinajstić information content (AvgIpc) is 3.84. The number of nitrogens with zero attached hydrogens (tertiary/aromatic N) is 10. The molecule has 256 valence electrons. The predicted octanol–water partition coefficient (Wildman–Crippen LogP) is 3.38. The van der Waals surface area contributed by atoms with Crippen LogP contribution in [-0.4, -0.2) is 82.6 Å². The molecule has 0 atom stereocenters. The number of fused-ring (bicyclic) bond motifs is 2. The van der Waals surface area contributed by atoms with E-state index in [1.807, 2.05) is 13.8 Å². The molecule has 4 N–H and O–H groups in total. The van der Waals surface area contributed by atoms with Gasteiger partial charge in [-0.05, 0) is 52.0 Å². The molecule has 0 saturated heterocycles. The molecule has 0 fully saturated rings. The van der Waals surface area contributed by atoms with Crippen molar-refractivity contribution in [2.75, 3.05) is 10.6 Å². The summed E-state index contributed by atoms with van der Waals surface area (Å²) >= 11 is 0. The monoisotopic (exact) mass is 680 g/mol. The number of pyridine rings is 2. The zero-order valence-corrected chi connectivity index (χ0v) is 27.4. The van der Waals surface area contributed by atoms with Gasteiger partial charge in [0.05, 0.1) is 22.5 Å². The molecule has 0 radical (unpaired) electrons. The van der Waals surface area contributed by atoms with Crippen molar-refractivity contribution in [2.45, 2.75) is 53.9 Å². The Kier molecular flexibility index (Phi) is 8.91. The number of carboxylic acid groups (broad SMARTS) is 2. The summed E-state index contributed by atoms with van der Waals surface area (Å²) in [6.45, 7) is 8.53. The van der Waals surface area contributed by atoms with Crippen molar-refractivity contribution in [2.24, 2.45) is 0 Å².